The number of nitrogens with zero attached hydrogens (tertiary/aromatic N) is 3. The molecule has 2 saturated heterocycles. The van der Waals surface area contributed by atoms with Gasteiger partial charge in [0.1, 0.15) is 5.75 Å². The highest BCUT2D eigenvalue weighted by molar-refractivity contribution is 5.60. The summed E-state index contributed by atoms with van der Waals surface area (Å²) in [5, 5.41) is 0. The molecule has 0 aromatic heterocycles. The van der Waals surface area contributed by atoms with Gasteiger partial charge in [0.15, 0.2) is 0 Å². The SMILES string of the molecule is COc1ccccc1N1CCN(CC2CCCN(C)C2)CC1(C)C. The van der Waals surface area contributed by atoms with Crippen LogP contribution in [-0.2, 0) is 0 Å². The summed E-state index contributed by atoms with van der Waals surface area (Å²) in [4.78, 5) is 7.69. The zero-order valence-electron chi connectivity index (χ0n) is 15.8. The second-order valence-corrected chi connectivity index (χ2v) is 8.14. The molecular formula is C20H33N3O. The van der Waals surface area contributed by atoms with Crippen molar-refractivity contribution in [2.45, 2.75) is 32.2 Å². The van der Waals surface area contributed by atoms with Crippen LogP contribution < -0.4 is 9.64 Å². The van der Waals surface area contributed by atoms with Gasteiger partial charge in [0.05, 0.1) is 12.8 Å². The summed E-state index contributed by atoms with van der Waals surface area (Å²) < 4.78 is 5.59. The molecule has 0 radical (unpaired) electrons. The Balaban J connectivity index is 1.66. The van der Waals surface area contributed by atoms with Crippen molar-refractivity contribution >= 4 is 5.69 Å². The normalized spacial score (nSPS) is 25.7. The van der Waals surface area contributed by atoms with Gasteiger partial charge in [-0.15, -0.1) is 0 Å². The van der Waals surface area contributed by atoms with Gasteiger partial charge >= 0.3 is 0 Å². The van der Waals surface area contributed by atoms with Gasteiger partial charge in [-0.1, -0.05) is 12.1 Å². The Bertz CT molecular complexity index is 545. The summed E-state index contributed by atoms with van der Waals surface area (Å²) in [5.74, 6) is 1.81. The summed E-state index contributed by atoms with van der Waals surface area (Å²) in [6, 6.07) is 8.41. The number of rotatable bonds is 4. The summed E-state index contributed by atoms with van der Waals surface area (Å²) in [6.07, 6.45) is 2.74. The van der Waals surface area contributed by atoms with Crippen molar-refractivity contribution in [2.75, 3.05) is 58.3 Å². The minimum Gasteiger partial charge on any atom is -0.495 e. The molecule has 0 N–H and O–H groups in total. The molecule has 2 heterocycles. The van der Waals surface area contributed by atoms with Crippen LogP contribution >= 0.6 is 0 Å². The number of hydrogen-bond donors (Lipinski definition) is 0. The first-order valence-electron chi connectivity index (χ1n) is 9.31. The number of hydrogen-bond acceptors (Lipinski definition) is 4. The molecule has 1 atom stereocenters. The van der Waals surface area contributed by atoms with Crippen LogP contribution in [0.2, 0.25) is 0 Å². The lowest BCUT2D eigenvalue weighted by Crippen LogP contribution is -2.60. The van der Waals surface area contributed by atoms with E-state index in [1.807, 2.05) is 6.07 Å². The number of anilines is 1. The molecule has 0 spiro atoms. The van der Waals surface area contributed by atoms with Crippen LogP contribution in [0.5, 0.6) is 5.75 Å². The fourth-order valence-corrected chi connectivity index (χ4v) is 4.50. The number of benzene rings is 1. The van der Waals surface area contributed by atoms with Crippen LogP contribution in [0.15, 0.2) is 24.3 Å². The lowest BCUT2D eigenvalue weighted by atomic mass is 9.94. The van der Waals surface area contributed by atoms with E-state index in [4.69, 9.17) is 4.74 Å². The fraction of sp³-hybridized carbons (Fsp3) is 0.700. The lowest BCUT2D eigenvalue weighted by Gasteiger charge is -2.49. The van der Waals surface area contributed by atoms with Crippen LogP contribution in [0.25, 0.3) is 0 Å². The minimum atomic E-state index is 0.119. The maximum Gasteiger partial charge on any atom is 0.142 e. The summed E-state index contributed by atoms with van der Waals surface area (Å²) in [5.41, 5.74) is 1.34. The number of ether oxygens (including phenoxy) is 1. The molecule has 134 valence electrons. The monoisotopic (exact) mass is 331 g/mol. The Hall–Kier alpha value is -1.26. The van der Waals surface area contributed by atoms with E-state index in [0.29, 0.717) is 0 Å². The molecule has 0 aliphatic carbocycles. The quantitative estimate of drug-likeness (QED) is 0.844. The molecule has 3 rings (SSSR count). The highest BCUT2D eigenvalue weighted by Gasteiger charge is 2.35. The van der Waals surface area contributed by atoms with Crippen LogP contribution in [0, 0.1) is 5.92 Å². The van der Waals surface area contributed by atoms with Crippen molar-refractivity contribution in [2.24, 2.45) is 5.92 Å². The third-order valence-corrected chi connectivity index (χ3v) is 5.60. The maximum absolute atomic E-state index is 5.59. The predicted octanol–water partition coefficient (Wildman–Crippen LogP) is 2.94. The average molecular weight is 332 g/mol. The molecule has 2 fully saturated rings. The van der Waals surface area contributed by atoms with Crippen molar-refractivity contribution in [1.29, 1.82) is 0 Å². The smallest absolute Gasteiger partial charge is 0.142 e. The lowest BCUT2D eigenvalue weighted by molar-refractivity contribution is 0.120. The zero-order chi connectivity index (χ0) is 17.2. The highest BCUT2D eigenvalue weighted by atomic mass is 16.5. The minimum absolute atomic E-state index is 0.119. The van der Waals surface area contributed by atoms with E-state index in [0.717, 1.165) is 31.3 Å². The second kappa shape index (κ2) is 7.32. The zero-order valence-corrected chi connectivity index (χ0v) is 15.8. The number of piperidine rings is 1. The molecule has 24 heavy (non-hydrogen) atoms. The standard InChI is InChI=1S/C20H33N3O/c1-20(2)16-22(15-17-8-7-11-21(3)14-17)12-13-23(20)18-9-5-6-10-19(18)24-4/h5-6,9-10,17H,7-8,11-16H2,1-4H3. The van der Waals surface area contributed by atoms with E-state index in [2.05, 4.69) is 53.8 Å². The van der Waals surface area contributed by atoms with Gasteiger partial charge in [0.2, 0.25) is 0 Å². The van der Waals surface area contributed by atoms with E-state index in [1.54, 1.807) is 7.11 Å². The molecule has 0 saturated carbocycles. The van der Waals surface area contributed by atoms with Crippen LogP contribution in [0.4, 0.5) is 5.69 Å². The first-order valence-corrected chi connectivity index (χ1v) is 9.31. The van der Waals surface area contributed by atoms with E-state index >= 15 is 0 Å². The van der Waals surface area contributed by atoms with E-state index < -0.39 is 0 Å². The third kappa shape index (κ3) is 3.86. The number of piperazine rings is 1. The molecule has 2 aliphatic heterocycles. The largest absolute Gasteiger partial charge is 0.495 e. The Kier molecular flexibility index (Phi) is 5.36. The topological polar surface area (TPSA) is 19.0 Å². The van der Waals surface area contributed by atoms with Gasteiger partial charge in [0, 0.05) is 38.3 Å². The summed E-state index contributed by atoms with van der Waals surface area (Å²) in [7, 11) is 4.03. The Morgan fingerprint density at radius 1 is 1.17 bits per heavy atom. The Morgan fingerprint density at radius 3 is 2.67 bits per heavy atom. The molecular weight excluding hydrogens is 298 g/mol. The van der Waals surface area contributed by atoms with E-state index in [-0.39, 0.29) is 5.54 Å². The maximum atomic E-state index is 5.59. The molecule has 1 aromatic rings. The van der Waals surface area contributed by atoms with E-state index in [9.17, 15) is 0 Å². The second-order valence-electron chi connectivity index (χ2n) is 8.14. The number of likely N-dealkylation sites (tertiary alicyclic amines) is 1. The Labute approximate surface area is 147 Å². The van der Waals surface area contributed by atoms with Gasteiger partial charge in [-0.25, -0.2) is 0 Å². The van der Waals surface area contributed by atoms with Gasteiger partial charge < -0.3 is 14.5 Å². The molecule has 0 amide bonds. The summed E-state index contributed by atoms with van der Waals surface area (Å²) >= 11 is 0. The van der Waals surface area contributed by atoms with Gasteiger partial charge in [-0.3, -0.25) is 4.90 Å². The van der Waals surface area contributed by atoms with Gasteiger partial charge in [-0.05, 0) is 58.3 Å². The number of para-hydroxylation sites is 2. The first kappa shape index (κ1) is 17.6. The first-order chi connectivity index (χ1) is 11.5. The Morgan fingerprint density at radius 2 is 1.96 bits per heavy atom. The highest BCUT2D eigenvalue weighted by Crippen LogP contribution is 2.35. The molecule has 2 aliphatic rings. The molecule has 0 bridgehead atoms. The fourth-order valence-electron chi connectivity index (χ4n) is 4.50. The van der Waals surface area contributed by atoms with Crippen molar-refractivity contribution in [3.05, 3.63) is 24.3 Å². The van der Waals surface area contributed by atoms with Crippen molar-refractivity contribution in [3.63, 3.8) is 0 Å². The molecule has 4 heteroatoms. The van der Waals surface area contributed by atoms with E-state index in [1.165, 1.54) is 38.2 Å². The average Bonchev–Trinajstić information content (AvgIpc) is 2.54. The molecule has 1 aromatic carbocycles. The van der Waals surface area contributed by atoms with Crippen molar-refractivity contribution in [1.82, 2.24) is 9.80 Å². The van der Waals surface area contributed by atoms with Crippen LogP contribution in [0.3, 0.4) is 0 Å². The predicted molar refractivity (Wildman–Crippen MR) is 101 cm³/mol. The molecule has 4 nitrogen and oxygen atoms in total. The third-order valence-electron chi connectivity index (χ3n) is 5.60. The number of methoxy groups -OCH3 is 1. The van der Waals surface area contributed by atoms with Crippen LogP contribution in [-0.4, -0.2) is 68.8 Å². The molecule has 1 unspecified atom stereocenters. The van der Waals surface area contributed by atoms with Crippen molar-refractivity contribution in [3.8, 4) is 5.75 Å². The van der Waals surface area contributed by atoms with Gasteiger partial charge in [-0.2, -0.15) is 0 Å². The summed E-state index contributed by atoms with van der Waals surface area (Å²) in [6.45, 7) is 11.8. The van der Waals surface area contributed by atoms with Gasteiger partial charge in [0.25, 0.3) is 0 Å². The van der Waals surface area contributed by atoms with Crippen LogP contribution in [0.1, 0.15) is 26.7 Å². The van der Waals surface area contributed by atoms with Crippen molar-refractivity contribution < 1.29 is 4.74 Å².